The highest BCUT2D eigenvalue weighted by Crippen LogP contribution is 2.22. The minimum atomic E-state index is 0.697. The summed E-state index contributed by atoms with van der Waals surface area (Å²) < 4.78 is 0. The van der Waals surface area contributed by atoms with Gasteiger partial charge >= 0.3 is 0 Å². The summed E-state index contributed by atoms with van der Waals surface area (Å²) in [5.74, 6) is 0.874. The van der Waals surface area contributed by atoms with Crippen LogP contribution in [0, 0.1) is 0 Å². The van der Waals surface area contributed by atoms with Gasteiger partial charge in [0, 0.05) is 17.0 Å². The SMILES string of the molecule is CCCNc1ncnc2cc(Cl)ccc12. The van der Waals surface area contributed by atoms with Crippen LogP contribution < -0.4 is 5.32 Å². The Morgan fingerprint density at radius 2 is 2.20 bits per heavy atom. The molecule has 0 saturated heterocycles. The molecule has 0 spiro atoms. The van der Waals surface area contributed by atoms with Crippen molar-refractivity contribution < 1.29 is 0 Å². The summed E-state index contributed by atoms with van der Waals surface area (Å²) in [7, 11) is 0. The predicted molar refractivity (Wildman–Crippen MR) is 63.3 cm³/mol. The second-order valence-electron chi connectivity index (χ2n) is 3.31. The molecule has 0 fully saturated rings. The molecule has 2 aromatic rings. The Hall–Kier alpha value is -1.35. The van der Waals surface area contributed by atoms with Crippen LogP contribution in [0.3, 0.4) is 0 Å². The molecule has 2 rings (SSSR count). The minimum Gasteiger partial charge on any atom is -0.369 e. The van der Waals surface area contributed by atoms with E-state index >= 15 is 0 Å². The van der Waals surface area contributed by atoms with Crippen molar-refractivity contribution in [3.05, 3.63) is 29.5 Å². The van der Waals surface area contributed by atoms with Gasteiger partial charge in [-0.2, -0.15) is 0 Å². The van der Waals surface area contributed by atoms with Crippen molar-refractivity contribution in [2.75, 3.05) is 11.9 Å². The van der Waals surface area contributed by atoms with E-state index in [4.69, 9.17) is 11.6 Å². The van der Waals surface area contributed by atoms with Crippen LogP contribution in [0.5, 0.6) is 0 Å². The first-order valence-corrected chi connectivity index (χ1v) is 5.33. The number of nitrogens with one attached hydrogen (secondary N) is 1. The van der Waals surface area contributed by atoms with Gasteiger partial charge in [-0.3, -0.25) is 0 Å². The fraction of sp³-hybridized carbons (Fsp3) is 0.273. The molecule has 0 radical (unpaired) electrons. The summed E-state index contributed by atoms with van der Waals surface area (Å²) in [6.45, 7) is 3.03. The van der Waals surface area contributed by atoms with Crippen LogP contribution in [-0.4, -0.2) is 16.5 Å². The maximum atomic E-state index is 5.89. The van der Waals surface area contributed by atoms with E-state index in [1.807, 2.05) is 18.2 Å². The molecule has 0 amide bonds. The Morgan fingerprint density at radius 3 is 3.00 bits per heavy atom. The lowest BCUT2D eigenvalue weighted by atomic mass is 10.2. The summed E-state index contributed by atoms with van der Waals surface area (Å²) in [6.07, 6.45) is 2.62. The number of rotatable bonds is 3. The molecule has 1 aromatic heterocycles. The lowest BCUT2D eigenvalue weighted by Gasteiger charge is -2.06. The Bertz CT molecular complexity index is 470. The quantitative estimate of drug-likeness (QED) is 0.866. The zero-order valence-corrected chi connectivity index (χ0v) is 9.25. The molecule has 4 heteroatoms. The molecule has 1 N–H and O–H groups in total. The summed E-state index contributed by atoms with van der Waals surface area (Å²) in [5, 5.41) is 4.97. The molecule has 0 aliphatic heterocycles. The molecule has 1 aromatic carbocycles. The van der Waals surface area contributed by atoms with Crippen molar-refractivity contribution in [3.8, 4) is 0 Å². The van der Waals surface area contributed by atoms with Crippen molar-refractivity contribution in [3.63, 3.8) is 0 Å². The van der Waals surface area contributed by atoms with Crippen LogP contribution in [0.25, 0.3) is 10.9 Å². The van der Waals surface area contributed by atoms with Crippen molar-refractivity contribution in [1.29, 1.82) is 0 Å². The first-order chi connectivity index (χ1) is 7.31. The van der Waals surface area contributed by atoms with E-state index < -0.39 is 0 Å². The Morgan fingerprint density at radius 1 is 1.33 bits per heavy atom. The van der Waals surface area contributed by atoms with E-state index in [0.29, 0.717) is 5.02 Å². The molecule has 15 heavy (non-hydrogen) atoms. The van der Waals surface area contributed by atoms with Gasteiger partial charge in [0.2, 0.25) is 0 Å². The Labute approximate surface area is 93.5 Å². The van der Waals surface area contributed by atoms with Crippen LogP contribution in [0.1, 0.15) is 13.3 Å². The number of benzene rings is 1. The molecule has 1 heterocycles. The van der Waals surface area contributed by atoms with Crippen LogP contribution in [0.15, 0.2) is 24.5 Å². The van der Waals surface area contributed by atoms with Crippen LogP contribution in [0.2, 0.25) is 5.02 Å². The number of halogens is 1. The molecule has 78 valence electrons. The van der Waals surface area contributed by atoms with Crippen LogP contribution in [-0.2, 0) is 0 Å². The van der Waals surface area contributed by atoms with Gasteiger partial charge in [-0.05, 0) is 24.6 Å². The smallest absolute Gasteiger partial charge is 0.137 e. The third kappa shape index (κ3) is 2.18. The second-order valence-corrected chi connectivity index (χ2v) is 3.75. The highest BCUT2D eigenvalue weighted by molar-refractivity contribution is 6.31. The number of fused-ring (bicyclic) bond motifs is 1. The molecular formula is C11H12ClN3. The van der Waals surface area contributed by atoms with Gasteiger partial charge in [-0.15, -0.1) is 0 Å². The van der Waals surface area contributed by atoms with E-state index in [2.05, 4.69) is 22.2 Å². The van der Waals surface area contributed by atoms with Crippen molar-refractivity contribution in [1.82, 2.24) is 9.97 Å². The summed E-state index contributed by atoms with van der Waals surface area (Å²) >= 11 is 5.89. The summed E-state index contributed by atoms with van der Waals surface area (Å²) in [4.78, 5) is 8.38. The van der Waals surface area contributed by atoms with Gasteiger partial charge in [0.15, 0.2) is 0 Å². The fourth-order valence-electron chi connectivity index (χ4n) is 1.41. The van der Waals surface area contributed by atoms with Crippen molar-refractivity contribution >= 4 is 28.3 Å². The molecular weight excluding hydrogens is 210 g/mol. The van der Waals surface area contributed by atoms with E-state index in [9.17, 15) is 0 Å². The van der Waals surface area contributed by atoms with Crippen LogP contribution >= 0.6 is 11.6 Å². The predicted octanol–water partition coefficient (Wildman–Crippen LogP) is 3.11. The normalized spacial score (nSPS) is 10.5. The largest absolute Gasteiger partial charge is 0.369 e. The lowest BCUT2D eigenvalue weighted by molar-refractivity contribution is 0.969. The Kier molecular flexibility index (Phi) is 3.02. The Balaban J connectivity index is 2.46. The summed E-state index contributed by atoms with van der Waals surface area (Å²) in [6, 6.07) is 5.63. The average Bonchev–Trinajstić information content (AvgIpc) is 2.25. The van der Waals surface area contributed by atoms with E-state index in [1.54, 1.807) is 6.33 Å². The molecule has 0 aliphatic rings. The first-order valence-electron chi connectivity index (χ1n) is 4.95. The van der Waals surface area contributed by atoms with Crippen molar-refractivity contribution in [2.24, 2.45) is 0 Å². The molecule has 0 atom stereocenters. The van der Waals surface area contributed by atoms with Crippen molar-refractivity contribution in [2.45, 2.75) is 13.3 Å². The minimum absolute atomic E-state index is 0.697. The van der Waals surface area contributed by atoms with Gasteiger partial charge < -0.3 is 5.32 Å². The second kappa shape index (κ2) is 4.45. The highest BCUT2D eigenvalue weighted by Gasteiger charge is 2.02. The monoisotopic (exact) mass is 221 g/mol. The molecule has 0 bridgehead atoms. The van der Waals surface area contributed by atoms with Gasteiger partial charge in [-0.1, -0.05) is 18.5 Å². The average molecular weight is 222 g/mol. The van der Waals surface area contributed by atoms with E-state index in [1.165, 1.54) is 0 Å². The van der Waals surface area contributed by atoms with E-state index in [-0.39, 0.29) is 0 Å². The molecule has 0 unspecified atom stereocenters. The number of hydrogen-bond donors (Lipinski definition) is 1. The third-order valence-electron chi connectivity index (χ3n) is 2.14. The van der Waals surface area contributed by atoms with Gasteiger partial charge in [0.1, 0.15) is 12.1 Å². The van der Waals surface area contributed by atoms with Crippen LogP contribution in [0.4, 0.5) is 5.82 Å². The summed E-state index contributed by atoms with van der Waals surface area (Å²) in [5.41, 5.74) is 0.871. The van der Waals surface area contributed by atoms with E-state index in [0.717, 1.165) is 29.7 Å². The number of nitrogens with zero attached hydrogens (tertiary/aromatic N) is 2. The first kappa shape index (κ1) is 10.2. The molecule has 0 saturated carbocycles. The number of anilines is 1. The number of aromatic nitrogens is 2. The molecule has 0 aliphatic carbocycles. The standard InChI is InChI=1S/C11H12ClN3/c1-2-5-13-11-9-4-3-8(12)6-10(9)14-7-15-11/h3-4,6-7H,2,5H2,1H3,(H,13,14,15). The van der Waals surface area contributed by atoms with Gasteiger partial charge in [0.25, 0.3) is 0 Å². The molecule has 3 nitrogen and oxygen atoms in total. The third-order valence-corrected chi connectivity index (χ3v) is 2.38. The van der Waals surface area contributed by atoms with Gasteiger partial charge in [-0.25, -0.2) is 9.97 Å². The lowest BCUT2D eigenvalue weighted by Crippen LogP contribution is -2.02. The van der Waals surface area contributed by atoms with Gasteiger partial charge in [0.05, 0.1) is 5.52 Å². The maximum absolute atomic E-state index is 5.89. The zero-order valence-electron chi connectivity index (χ0n) is 8.50. The topological polar surface area (TPSA) is 37.8 Å². The fourth-order valence-corrected chi connectivity index (χ4v) is 1.58. The zero-order chi connectivity index (χ0) is 10.7. The number of hydrogen-bond acceptors (Lipinski definition) is 3. The maximum Gasteiger partial charge on any atom is 0.137 e. The highest BCUT2D eigenvalue weighted by atomic mass is 35.5.